The largest absolute Gasteiger partial charge is 0.391 e. The Morgan fingerprint density at radius 3 is 3.00 bits per heavy atom. The van der Waals surface area contributed by atoms with E-state index in [4.69, 9.17) is 0 Å². The maximum absolute atomic E-state index is 12.2. The lowest BCUT2D eigenvalue weighted by molar-refractivity contribution is 0.0469. The highest BCUT2D eigenvalue weighted by Crippen LogP contribution is 2.14. The zero-order chi connectivity index (χ0) is 12.5. The number of likely N-dealkylation sites (tertiary alicyclic amines) is 1. The summed E-state index contributed by atoms with van der Waals surface area (Å²) in [5.41, 5.74) is 0.371. The molecule has 0 bridgehead atoms. The topological polar surface area (TPSA) is 83.3 Å². The molecule has 2 saturated heterocycles. The summed E-state index contributed by atoms with van der Waals surface area (Å²) in [7, 11) is 0. The van der Waals surface area contributed by atoms with Crippen molar-refractivity contribution in [2.75, 3.05) is 26.2 Å². The number of rotatable bonds is 2. The van der Waals surface area contributed by atoms with Crippen molar-refractivity contribution in [3.05, 3.63) is 11.9 Å². The predicted molar refractivity (Wildman–Crippen MR) is 63.1 cm³/mol. The number of amides is 1. The summed E-state index contributed by atoms with van der Waals surface area (Å²) in [5.74, 6) is -0.132. The van der Waals surface area contributed by atoms with Gasteiger partial charge in [-0.05, 0) is 12.8 Å². The van der Waals surface area contributed by atoms with Crippen LogP contribution >= 0.6 is 0 Å². The van der Waals surface area contributed by atoms with Gasteiger partial charge in [-0.15, -0.1) is 5.10 Å². The van der Waals surface area contributed by atoms with E-state index in [1.807, 2.05) is 0 Å². The van der Waals surface area contributed by atoms with Crippen molar-refractivity contribution in [1.82, 2.24) is 25.2 Å². The minimum absolute atomic E-state index is 0.132. The van der Waals surface area contributed by atoms with Gasteiger partial charge in [0.05, 0.1) is 18.3 Å². The van der Waals surface area contributed by atoms with E-state index in [1.165, 1.54) is 0 Å². The highest BCUT2D eigenvalue weighted by atomic mass is 16.3. The van der Waals surface area contributed by atoms with Gasteiger partial charge in [0.2, 0.25) is 0 Å². The Balaban J connectivity index is 1.69. The molecule has 0 spiro atoms. The molecule has 1 atom stereocenters. The normalized spacial score (nSPS) is 24.9. The summed E-state index contributed by atoms with van der Waals surface area (Å²) in [6.07, 6.45) is 2.90. The number of hydrogen-bond acceptors (Lipinski definition) is 5. The van der Waals surface area contributed by atoms with Crippen LogP contribution in [0.1, 0.15) is 29.4 Å². The minimum Gasteiger partial charge on any atom is -0.391 e. The fourth-order valence-corrected chi connectivity index (χ4v) is 2.31. The molecule has 1 amide bonds. The molecule has 0 saturated carbocycles. The van der Waals surface area contributed by atoms with Gasteiger partial charge in [-0.1, -0.05) is 5.21 Å². The lowest BCUT2D eigenvalue weighted by atomic mass is 10.1. The molecule has 0 aromatic carbocycles. The Bertz CT molecular complexity index is 442. The molecule has 0 unspecified atom stereocenters. The summed E-state index contributed by atoms with van der Waals surface area (Å²) < 4.78 is 1.74. The molecule has 98 valence electrons. The van der Waals surface area contributed by atoms with Crippen molar-refractivity contribution in [2.24, 2.45) is 0 Å². The van der Waals surface area contributed by atoms with Gasteiger partial charge in [-0.25, -0.2) is 4.68 Å². The maximum atomic E-state index is 12.2. The highest BCUT2D eigenvalue weighted by molar-refractivity contribution is 5.92. The monoisotopic (exact) mass is 251 g/mol. The number of nitrogens with zero attached hydrogens (tertiary/aromatic N) is 4. The van der Waals surface area contributed by atoms with E-state index < -0.39 is 6.10 Å². The van der Waals surface area contributed by atoms with Crippen molar-refractivity contribution in [2.45, 2.75) is 25.0 Å². The van der Waals surface area contributed by atoms with Gasteiger partial charge in [0, 0.05) is 26.2 Å². The van der Waals surface area contributed by atoms with Crippen LogP contribution in [0.5, 0.6) is 0 Å². The van der Waals surface area contributed by atoms with Crippen molar-refractivity contribution in [3.63, 3.8) is 0 Å². The third-order valence-corrected chi connectivity index (χ3v) is 3.55. The highest BCUT2D eigenvalue weighted by Gasteiger charge is 2.26. The number of aromatic nitrogens is 3. The van der Waals surface area contributed by atoms with E-state index in [9.17, 15) is 9.90 Å². The summed E-state index contributed by atoms with van der Waals surface area (Å²) in [5, 5.41) is 20.6. The molecule has 0 radical (unpaired) electrons. The Hall–Kier alpha value is -1.47. The van der Waals surface area contributed by atoms with Crippen molar-refractivity contribution >= 4 is 5.91 Å². The lowest BCUT2D eigenvalue weighted by Crippen LogP contribution is -2.43. The molecule has 1 aromatic rings. The molecule has 7 nitrogen and oxygen atoms in total. The molecule has 3 heterocycles. The number of aliphatic hydroxyl groups is 1. The smallest absolute Gasteiger partial charge is 0.276 e. The fraction of sp³-hybridized carbons (Fsp3) is 0.727. The third kappa shape index (κ3) is 2.11. The second kappa shape index (κ2) is 4.66. The predicted octanol–water partition coefficient (Wildman–Crippen LogP) is -0.981. The van der Waals surface area contributed by atoms with Gasteiger partial charge in [-0.3, -0.25) is 4.79 Å². The van der Waals surface area contributed by atoms with Crippen LogP contribution in [0.2, 0.25) is 0 Å². The maximum Gasteiger partial charge on any atom is 0.276 e. The van der Waals surface area contributed by atoms with Crippen molar-refractivity contribution in [3.8, 4) is 0 Å². The number of carbonyl (C=O) groups is 1. The van der Waals surface area contributed by atoms with E-state index in [0.717, 1.165) is 25.9 Å². The first kappa shape index (κ1) is 11.6. The molecule has 3 rings (SSSR count). The Morgan fingerprint density at radius 1 is 1.50 bits per heavy atom. The Labute approximate surface area is 105 Å². The van der Waals surface area contributed by atoms with Crippen LogP contribution < -0.4 is 5.32 Å². The van der Waals surface area contributed by atoms with Gasteiger partial charge in [0.1, 0.15) is 0 Å². The van der Waals surface area contributed by atoms with Crippen LogP contribution in [-0.2, 0) is 0 Å². The zero-order valence-corrected chi connectivity index (χ0v) is 10.1. The molecular formula is C11H17N5O2. The van der Waals surface area contributed by atoms with E-state index in [-0.39, 0.29) is 5.91 Å². The van der Waals surface area contributed by atoms with Crippen LogP contribution in [-0.4, -0.2) is 63.2 Å². The van der Waals surface area contributed by atoms with Gasteiger partial charge >= 0.3 is 0 Å². The number of nitrogens with one attached hydrogen (secondary N) is 1. The Morgan fingerprint density at radius 2 is 2.33 bits per heavy atom. The number of β-amino-alcohol motifs (C(OH)–C–C–N with tert-alkyl or cyclic N) is 1. The molecule has 2 aliphatic rings. The van der Waals surface area contributed by atoms with Crippen LogP contribution in [0, 0.1) is 0 Å². The van der Waals surface area contributed by atoms with Gasteiger partial charge < -0.3 is 15.3 Å². The van der Waals surface area contributed by atoms with E-state index in [2.05, 4.69) is 15.6 Å². The number of piperidine rings is 1. The summed E-state index contributed by atoms with van der Waals surface area (Å²) in [6, 6.07) is 0.311. The summed E-state index contributed by atoms with van der Waals surface area (Å²) in [6.45, 7) is 2.84. The number of carbonyl (C=O) groups excluding carboxylic acids is 1. The van der Waals surface area contributed by atoms with E-state index in [1.54, 1.807) is 15.8 Å². The van der Waals surface area contributed by atoms with E-state index >= 15 is 0 Å². The first-order valence-electron chi connectivity index (χ1n) is 6.34. The zero-order valence-electron chi connectivity index (χ0n) is 10.1. The molecule has 18 heavy (non-hydrogen) atoms. The van der Waals surface area contributed by atoms with Crippen LogP contribution in [0.25, 0.3) is 0 Å². The quantitative estimate of drug-likeness (QED) is 0.706. The number of hydrogen-bond donors (Lipinski definition) is 2. The first-order chi connectivity index (χ1) is 8.74. The standard InChI is InChI=1S/C11H17N5O2/c17-9-2-1-3-15(6-9)11(18)10-7-16(14-13-10)8-4-12-5-8/h7-9,12,17H,1-6H2/t9-/m0/s1. The SMILES string of the molecule is O=C(c1cn(C2CNC2)nn1)N1CCC[C@H](O)C1. The second-order valence-corrected chi connectivity index (χ2v) is 4.94. The molecule has 2 aliphatic heterocycles. The molecule has 0 aliphatic carbocycles. The summed E-state index contributed by atoms with van der Waals surface area (Å²) >= 11 is 0. The molecular weight excluding hydrogens is 234 g/mol. The van der Waals surface area contributed by atoms with Crippen LogP contribution in [0.4, 0.5) is 0 Å². The summed E-state index contributed by atoms with van der Waals surface area (Å²) in [4.78, 5) is 13.8. The number of aliphatic hydroxyl groups excluding tert-OH is 1. The van der Waals surface area contributed by atoms with Crippen LogP contribution in [0.3, 0.4) is 0 Å². The first-order valence-corrected chi connectivity index (χ1v) is 6.34. The van der Waals surface area contributed by atoms with Gasteiger partial charge in [-0.2, -0.15) is 0 Å². The average molecular weight is 251 g/mol. The molecule has 2 fully saturated rings. The molecule has 7 heteroatoms. The second-order valence-electron chi connectivity index (χ2n) is 4.94. The fourth-order valence-electron chi connectivity index (χ4n) is 2.31. The molecule has 1 aromatic heterocycles. The lowest BCUT2D eigenvalue weighted by Gasteiger charge is -2.29. The van der Waals surface area contributed by atoms with Crippen molar-refractivity contribution < 1.29 is 9.90 Å². The third-order valence-electron chi connectivity index (χ3n) is 3.55. The Kier molecular flexibility index (Phi) is 3.00. The molecule has 2 N–H and O–H groups in total. The van der Waals surface area contributed by atoms with Gasteiger partial charge in [0.25, 0.3) is 5.91 Å². The van der Waals surface area contributed by atoms with Crippen molar-refractivity contribution in [1.29, 1.82) is 0 Å². The van der Waals surface area contributed by atoms with Crippen LogP contribution in [0.15, 0.2) is 6.20 Å². The van der Waals surface area contributed by atoms with Gasteiger partial charge in [0.15, 0.2) is 5.69 Å². The minimum atomic E-state index is -0.409. The van der Waals surface area contributed by atoms with E-state index in [0.29, 0.717) is 24.8 Å². The average Bonchev–Trinajstić information content (AvgIpc) is 2.75.